The summed E-state index contributed by atoms with van der Waals surface area (Å²) >= 11 is 2.57. The molecule has 0 aliphatic carbocycles. The third-order valence-electron chi connectivity index (χ3n) is 7.35. The zero-order valence-corrected chi connectivity index (χ0v) is 34.9. The summed E-state index contributed by atoms with van der Waals surface area (Å²) in [6, 6.07) is -0.454. The summed E-state index contributed by atoms with van der Waals surface area (Å²) in [6.45, 7) is 23.4. The molecule has 0 aliphatic heterocycles. The Balaban J connectivity index is 0.000000522. The molecule has 0 radical (unpaired) electrons. The number of aromatic carboxylic acids is 1. The Morgan fingerprint density at radius 2 is 1.08 bits per heavy atom. The second kappa shape index (κ2) is 19.9. The number of nitrogens with zero attached hydrogens (tertiary/aromatic N) is 4. The number of carboxylic acid groups (broad SMARTS) is 1. The van der Waals surface area contributed by atoms with Crippen LogP contribution in [0, 0.1) is 18.8 Å². The van der Waals surface area contributed by atoms with E-state index in [4.69, 9.17) is 24.1 Å². The van der Waals surface area contributed by atoms with Crippen molar-refractivity contribution in [2.75, 3.05) is 14.1 Å². The summed E-state index contributed by atoms with van der Waals surface area (Å²) < 4.78 is 21.8. The topological polar surface area (TPSA) is 175 Å². The minimum Gasteiger partial charge on any atom is -0.476 e. The maximum Gasteiger partial charge on any atom is 0.410 e. The number of hydrogen-bond acceptors (Lipinski definition) is 13. The highest BCUT2D eigenvalue weighted by atomic mass is 32.1. The molecule has 0 saturated carbocycles. The molecule has 0 aliphatic rings. The van der Waals surface area contributed by atoms with Crippen LogP contribution in [-0.4, -0.2) is 92.3 Å². The van der Waals surface area contributed by atoms with Crippen molar-refractivity contribution >= 4 is 52.8 Å². The normalized spacial score (nSPS) is 13.9. The number of hydrogen-bond donors (Lipinski definition) is 1. The van der Waals surface area contributed by atoms with E-state index in [1.807, 2.05) is 60.8 Å². The maximum absolute atomic E-state index is 12.4. The number of ether oxygens (including phenoxy) is 4. The van der Waals surface area contributed by atoms with Gasteiger partial charge in [-0.25, -0.2) is 24.4 Å². The average molecular weight is 771 g/mol. The van der Waals surface area contributed by atoms with Gasteiger partial charge in [-0.1, -0.05) is 27.7 Å². The summed E-state index contributed by atoms with van der Waals surface area (Å²) in [4.78, 5) is 70.6. The van der Waals surface area contributed by atoms with Gasteiger partial charge in [-0.05, 0) is 60.3 Å². The molecule has 2 heterocycles. The molecule has 0 bridgehead atoms. The summed E-state index contributed by atoms with van der Waals surface area (Å²) in [6.07, 6.45) is -1.35. The van der Waals surface area contributed by atoms with E-state index in [1.165, 1.54) is 35.5 Å². The van der Waals surface area contributed by atoms with Crippen LogP contribution in [0.4, 0.5) is 9.59 Å². The molecule has 1 N–H and O–H groups in total. The van der Waals surface area contributed by atoms with Crippen molar-refractivity contribution in [2.24, 2.45) is 11.8 Å². The molecule has 2 amide bonds. The highest BCUT2D eigenvalue weighted by Gasteiger charge is 2.34. The molecule has 16 heteroatoms. The fourth-order valence-corrected chi connectivity index (χ4v) is 6.66. The van der Waals surface area contributed by atoms with Gasteiger partial charge in [0.2, 0.25) is 0 Å². The fourth-order valence-electron chi connectivity index (χ4n) is 4.99. The summed E-state index contributed by atoms with van der Waals surface area (Å²) in [5, 5.41) is 13.5. The lowest BCUT2D eigenvalue weighted by Crippen LogP contribution is -2.44. The van der Waals surface area contributed by atoms with Gasteiger partial charge < -0.3 is 33.9 Å². The summed E-state index contributed by atoms with van der Waals surface area (Å²) in [5.74, 6) is -1.81. The van der Waals surface area contributed by atoms with Gasteiger partial charge in [0.1, 0.15) is 21.2 Å². The van der Waals surface area contributed by atoms with E-state index in [-0.39, 0.29) is 48.1 Å². The van der Waals surface area contributed by atoms with Gasteiger partial charge in [0.25, 0.3) is 0 Å². The molecule has 4 atom stereocenters. The Morgan fingerprint density at radius 1 is 0.712 bits per heavy atom. The second-order valence-corrected chi connectivity index (χ2v) is 17.0. The molecule has 0 spiro atoms. The van der Waals surface area contributed by atoms with E-state index >= 15 is 0 Å². The van der Waals surface area contributed by atoms with Crippen LogP contribution >= 0.6 is 22.7 Å². The number of carbonyl (C=O) groups excluding carboxylic acids is 4. The van der Waals surface area contributed by atoms with Crippen molar-refractivity contribution < 1.29 is 48.0 Å². The highest BCUT2D eigenvalue weighted by Crippen LogP contribution is 2.32. The quantitative estimate of drug-likeness (QED) is 0.153. The predicted molar refractivity (Wildman–Crippen MR) is 199 cm³/mol. The first-order valence-electron chi connectivity index (χ1n) is 17.1. The van der Waals surface area contributed by atoms with Crippen LogP contribution in [0.3, 0.4) is 0 Å². The zero-order chi connectivity index (χ0) is 40.3. The van der Waals surface area contributed by atoms with Crippen LogP contribution in [0.1, 0.15) is 134 Å². The van der Waals surface area contributed by atoms with Crippen LogP contribution in [0.15, 0.2) is 10.8 Å². The van der Waals surface area contributed by atoms with Crippen molar-refractivity contribution in [2.45, 2.75) is 138 Å². The van der Waals surface area contributed by atoms with E-state index in [0.29, 0.717) is 11.4 Å². The van der Waals surface area contributed by atoms with Crippen LogP contribution in [0.5, 0.6) is 0 Å². The lowest BCUT2D eigenvalue weighted by molar-refractivity contribution is -0.148. The Bertz CT molecular complexity index is 1490. The Hall–Kier alpha value is -3.79. The third kappa shape index (κ3) is 16.3. The lowest BCUT2D eigenvalue weighted by atomic mass is 9.96. The largest absolute Gasteiger partial charge is 0.476 e. The molecule has 0 unspecified atom stereocenters. The zero-order valence-electron chi connectivity index (χ0n) is 33.3. The first-order valence-corrected chi connectivity index (χ1v) is 18.8. The van der Waals surface area contributed by atoms with Gasteiger partial charge in [-0.3, -0.25) is 9.59 Å². The number of rotatable bonds is 13. The molecule has 2 rings (SSSR count). The molecule has 2 aromatic rings. The molecule has 2 aromatic heterocycles. The van der Waals surface area contributed by atoms with Gasteiger partial charge in [0, 0.05) is 69.3 Å². The average Bonchev–Trinajstić information content (AvgIpc) is 3.64. The standard InChI is InChI=1S/C18H28N2O6S.C18H30N2O4S/c1-10(2)13(20(7)17(24)26-18(4,5)6)8-14(25-11(3)21)15-19-12(9-27-15)16(22)23;1-11(2)14(20(8)17(22)24-18(5,6)7)9-15(23-13(4)21)16-19-12(3)10-25-16/h9-10,13-14H,8H2,1-7H3,(H,22,23);10-11,14-15H,9H2,1-8H3/t13-,14+;14-,15+/m10/s1. The Labute approximate surface area is 316 Å². The van der Waals surface area contributed by atoms with Crippen molar-refractivity contribution in [1.82, 2.24) is 19.8 Å². The Morgan fingerprint density at radius 3 is 1.35 bits per heavy atom. The van der Waals surface area contributed by atoms with E-state index in [9.17, 15) is 24.0 Å². The smallest absolute Gasteiger partial charge is 0.410 e. The maximum atomic E-state index is 12.4. The fraction of sp³-hybridized carbons (Fsp3) is 0.694. The predicted octanol–water partition coefficient (Wildman–Crippen LogP) is 8.06. The third-order valence-corrected chi connectivity index (χ3v) is 9.34. The minimum absolute atomic E-state index is 0.0412. The first kappa shape index (κ1) is 46.2. The minimum atomic E-state index is -1.15. The number of carboxylic acids is 1. The molecule has 0 saturated heterocycles. The van der Waals surface area contributed by atoms with E-state index in [2.05, 4.69) is 9.97 Å². The number of thiazole rings is 2. The number of aryl methyl sites for hydroxylation is 1. The van der Waals surface area contributed by atoms with Crippen molar-refractivity contribution in [3.8, 4) is 0 Å². The number of esters is 2. The lowest BCUT2D eigenvalue weighted by Gasteiger charge is -2.34. The van der Waals surface area contributed by atoms with Crippen LogP contribution in [-0.2, 0) is 28.5 Å². The monoisotopic (exact) mass is 770 g/mol. The van der Waals surface area contributed by atoms with E-state index < -0.39 is 41.4 Å². The van der Waals surface area contributed by atoms with Crippen molar-refractivity contribution in [3.05, 3.63) is 32.2 Å². The molecular formula is C36H58N4O10S2. The summed E-state index contributed by atoms with van der Waals surface area (Å²) in [5.41, 5.74) is -0.407. The van der Waals surface area contributed by atoms with Gasteiger partial charge in [0.05, 0.1) is 0 Å². The number of carbonyl (C=O) groups is 5. The SMILES string of the molecule is CC(=O)O[C@@H](C[C@H](C(C)C)N(C)C(=O)OC(C)(C)C)c1nc(C(=O)O)cs1.CC(=O)O[C@H](C[C@@H](C(C)C)N(C)C(=O)OC(C)(C)C)c1nc(C)cs1. The first-order chi connectivity index (χ1) is 23.7. The van der Waals surface area contributed by atoms with Gasteiger partial charge in [0.15, 0.2) is 17.9 Å². The molecular weight excluding hydrogens is 713 g/mol. The molecule has 294 valence electrons. The van der Waals surface area contributed by atoms with Crippen LogP contribution in [0.25, 0.3) is 0 Å². The molecule has 14 nitrogen and oxygen atoms in total. The van der Waals surface area contributed by atoms with Gasteiger partial charge >= 0.3 is 30.1 Å². The molecule has 52 heavy (non-hydrogen) atoms. The van der Waals surface area contributed by atoms with Gasteiger partial charge in [-0.2, -0.15) is 0 Å². The number of amides is 2. The Kier molecular flexibility index (Phi) is 17.7. The number of aromatic nitrogens is 2. The van der Waals surface area contributed by atoms with Crippen LogP contribution < -0.4 is 0 Å². The van der Waals surface area contributed by atoms with E-state index in [1.54, 1.807) is 39.8 Å². The van der Waals surface area contributed by atoms with Crippen LogP contribution in [0.2, 0.25) is 0 Å². The molecule has 0 fully saturated rings. The molecule has 0 aromatic carbocycles. The van der Waals surface area contributed by atoms with Crippen molar-refractivity contribution in [1.29, 1.82) is 0 Å². The van der Waals surface area contributed by atoms with E-state index in [0.717, 1.165) is 22.0 Å². The van der Waals surface area contributed by atoms with Crippen molar-refractivity contribution in [3.63, 3.8) is 0 Å². The van der Waals surface area contributed by atoms with Gasteiger partial charge in [-0.15, -0.1) is 22.7 Å². The highest BCUT2D eigenvalue weighted by molar-refractivity contribution is 7.10. The second-order valence-electron chi connectivity index (χ2n) is 15.2. The summed E-state index contributed by atoms with van der Waals surface area (Å²) in [7, 11) is 3.35.